The van der Waals surface area contributed by atoms with Crippen LogP contribution in [0.3, 0.4) is 0 Å². The molecule has 1 heterocycles. The van der Waals surface area contributed by atoms with Crippen LogP contribution in [0.15, 0.2) is 54.6 Å². The molecular weight excluding hydrogens is 244 g/mol. The third-order valence-corrected chi connectivity index (χ3v) is 4.85. The topological polar surface area (TPSA) is 29.3 Å². The smallest absolute Gasteiger partial charge is 0.0406 e. The minimum Gasteiger partial charge on any atom is -0.323 e. The monoisotopic (exact) mass is 264 g/mol. The van der Waals surface area contributed by atoms with E-state index in [-0.39, 0.29) is 5.54 Å². The fraction of sp³-hybridized carbons (Fsp3) is 0.333. The van der Waals surface area contributed by atoms with Gasteiger partial charge < -0.3 is 5.73 Å². The SMILES string of the molecule is N[C@@]12Cc3ccccc3[C@@H]1CN(Cc1ccccc1)C2. The van der Waals surface area contributed by atoms with Crippen LogP contribution in [0.1, 0.15) is 22.6 Å². The average Bonchev–Trinajstić information content (AvgIpc) is 2.89. The lowest BCUT2D eigenvalue weighted by Crippen LogP contribution is -2.45. The summed E-state index contributed by atoms with van der Waals surface area (Å²) in [5.41, 5.74) is 11.0. The molecule has 0 radical (unpaired) electrons. The number of fused-ring (bicyclic) bond motifs is 3. The molecule has 2 heteroatoms. The van der Waals surface area contributed by atoms with Crippen molar-refractivity contribution in [3.05, 3.63) is 71.3 Å². The summed E-state index contributed by atoms with van der Waals surface area (Å²) in [6.45, 7) is 3.10. The zero-order chi connectivity index (χ0) is 13.6. The van der Waals surface area contributed by atoms with E-state index >= 15 is 0 Å². The molecule has 0 unspecified atom stereocenters. The Morgan fingerprint density at radius 1 is 1.05 bits per heavy atom. The van der Waals surface area contributed by atoms with Crippen LogP contribution in [-0.4, -0.2) is 23.5 Å². The highest BCUT2D eigenvalue weighted by Crippen LogP contribution is 2.44. The van der Waals surface area contributed by atoms with Gasteiger partial charge in [0.15, 0.2) is 0 Å². The molecule has 1 aliphatic carbocycles. The van der Waals surface area contributed by atoms with Gasteiger partial charge in [0.1, 0.15) is 0 Å². The van der Waals surface area contributed by atoms with Gasteiger partial charge in [-0.25, -0.2) is 0 Å². The maximum atomic E-state index is 6.72. The second-order valence-corrected chi connectivity index (χ2v) is 6.32. The van der Waals surface area contributed by atoms with Crippen molar-refractivity contribution in [2.24, 2.45) is 5.73 Å². The van der Waals surface area contributed by atoms with Gasteiger partial charge >= 0.3 is 0 Å². The Kier molecular flexibility index (Phi) is 2.69. The van der Waals surface area contributed by atoms with Gasteiger partial charge in [-0.15, -0.1) is 0 Å². The van der Waals surface area contributed by atoms with Gasteiger partial charge in [-0.1, -0.05) is 54.6 Å². The summed E-state index contributed by atoms with van der Waals surface area (Å²) in [6.07, 6.45) is 1.03. The van der Waals surface area contributed by atoms with Crippen LogP contribution >= 0.6 is 0 Å². The van der Waals surface area contributed by atoms with Crippen molar-refractivity contribution in [1.29, 1.82) is 0 Å². The molecular formula is C18H20N2. The Morgan fingerprint density at radius 3 is 2.65 bits per heavy atom. The van der Waals surface area contributed by atoms with E-state index in [4.69, 9.17) is 5.73 Å². The number of hydrogen-bond acceptors (Lipinski definition) is 2. The van der Waals surface area contributed by atoms with E-state index < -0.39 is 0 Å². The summed E-state index contributed by atoms with van der Waals surface area (Å²) >= 11 is 0. The molecule has 102 valence electrons. The van der Waals surface area contributed by atoms with Crippen LogP contribution in [-0.2, 0) is 13.0 Å². The summed E-state index contributed by atoms with van der Waals surface area (Å²) in [4.78, 5) is 2.51. The molecule has 1 fully saturated rings. The molecule has 2 N–H and O–H groups in total. The predicted molar refractivity (Wildman–Crippen MR) is 81.5 cm³/mol. The number of benzene rings is 2. The number of nitrogens with two attached hydrogens (primary N) is 1. The van der Waals surface area contributed by atoms with Gasteiger partial charge in [-0.2, -0.15) is 0 Å². The Hall–Kier alpha value is -1.64. The van der Waals surface area contributed by atoms with Gasteiger partial charge in [0.2, 0.25) is 0 Å². The molecule has 4 rings (SSSR count). The predicted octanol–water partition coefficient (Wildman–Crippen LogP) is 2.54. The first-order valence-electron chi connectivity index (χ1n) is 7.38. The fourth-order valence-electron chi connectivity index (χ4n) is 3.97. The molecule has 0 amide bonds. The molecule has 0 saturated carbocycles. The van der Waals surface area contributed by atoms with E-state index in [2.05, 4.69) is 59.5 Å². The number of likely N-dealkylation sites (tertiary alicyclic amines) is 1. The number of nitrogens with zero attached hydrogens (tertiary/aromatic N) is 1. The van der Waals surface area contributed by atoms with E-state index in [1.54, 1.807) is 0 Å². The molecule has 2 aromatic carbocycles. The minimum absolute atomic E-state index is 0.0571. The molecule has 2 atom stereocenters. The highest BCUT2D eigenvalue weighted by molar-refractivity contribution is 5.42. The maximum Gasteiger partial charge on any atom is 0.0406 e. The lowest BCUT2D eigenvalue weighted by Gasteiger charge is -2.23. The third-order valence-electron chi connectivity index (χ3n) is 4.85. The molecule has 1 saturated heterocycles. The molecule has 2 aromatic rings. The molecule has 2 nitrogen and oxygen atoms in total. The van der Waals surface area contributed by atoms with Crippen molar-refractivity contribution in [2.45, 2.75) is 24.4 Å². The zero-order valence-corrected chi connectivity index (χ0v) is 11.6. The van der Waals surface area contributed by atoms with Crippen molar-refractivity contribution in [2.75, 3.05) is 13.1 Å². The summed E-state index contributed by atoms with van der Waals surface area (Å²) in [5.74, 6) is 0.502. The highest BCUT2D eigenvalue weighted by Gasteiger charge is 2.49. The van der Waals surface area contributed by atoms with Gasteiger partial charge in [0, 0.05) is 31.1 Å². The molecule has 0 spiro atoms. The Labute approximate surface area is 120 Å². The van der Waals surface area contributed by atoms with Crippen molar-refractivity contribution in [3.8, 4) is 0 Å². The van der Waals surface area contributed by atoms with Crippen LogP contribution in [0.5, 0.6) is 0 Å². The van der Waals surface area contributed by atoms with Gasteiger partial charge in [0.05, 0.1) is 0 Å². The summed E-state index contributed by atoms with van der Waals surface area (Å²) in [7, 11) is 0. The van der Waals surface area contributed by atoms with Crippen molar-refractivity contribution >= 4 is 0 Å². The van der Waals surface area contributed by atoms with Crippen LogP contribution in [0.2, 0.25) is 0 Å². The van der Waals surface area contributed by atoms with E-state index in [9.17, 15) is 0 Å². The first-order valence-corrected chi connectivity index (χ1v) is 7.38. The molecule has 0 bridgehead atoms. The lowest BCUT2D eigenvalue weighted by atomic mass is 9.89. The molecule has 1 aliphatic heterocycles. The van der Waals surface area contributed by atoms with Gasteiger partial charge in [-0.3, -0.25) is 4.90 Å². The zero-order valence-electron chi connectivity index (χ0n) is 11.6. The number of rotatable bonds is 2. The molecule has 2 aliphatic rings. The summed E-state index contributed by atoms with van der Waals surface area (Å²) in [6, 6.07) is 19.5. The van der Waals surface area contributed by atoms with Crippen molar-refractivity contribution in [1.82, 2.24) is 4.90 Å². The third kappa shape index (κ3) is 1.88. The van der Waals surface area contributed by atoms with Crippen LogP contribution in [0, 0.1) is 0 Å². The minimum atomic E-state index is -0.0571. The van der Waals surface area contributed by atoms with Crippen molar-refractivity contribution < 1.29 is 0 Å². The number of hydrogen-bond donors (Lipinski definition) is 1. The van der Waals surface area contributed by atoms with Crippen LogP contribution in [0.25, 0.3) is 0 Å². The summed E-state index contributed by atoms with van der Waals surface area (Å²) in [5, 5.41) is 0. The maximum absolute atomic E-state index is 6.72. The fourth-order valence-corrected chi connectivity index (χ4v) is 3.97. The summed E-state index contributed by atoms with van der Waals surface area (Å²) < 4.78 is 0. The lowest BCUT2D eigenvalue weighted by molar-refractivity contribution is 0.302. The van der Waals surface area contributed by atoms with Gasteiger partial charge in [-0.05, 0) is 23.1 Å². The van der Waals surface area contributed by atoms with Gasteiger partial charge in [0.25, 0.3) is 0 Å². The normalized spacial score (nSPS) is 28.4. The molecule has 20 heavy (non-hydrogen) atoms. The Bertz CT molecular complexity index is 622. The van der Waals surface area contributed by atoms with E-state index in [0.29, 0.717) is 5.92 Å². The van der Waals surface area contributed by atoms with E-state index in [1.165, 1.54) is 16.7 Å². The first-order chi connectivity index (χ1) is 9.74. The highest BCUT2D eigenvalue weighted by atomic mass is 15.2. The largest absolute Gasteiger partial charge is 0.323 e. The van der Waals surface area contributed by atoms with Crippen molar-refractivity contribution in [3.63, 3.8) is 0 Å². The standard InChI is InChI=1S/C18H20N2/c19-18-10-15-8-4-5-9-16(15)17(18)12-20(13-18)11-14-6-2-1-3-7-14/h1-9,17H,10-13,19H2/t17-,18+/m0/s1. The Morgan fingerprint density at radius 2 is 1.80 bits per heavy atom. The molecule has 0 aromatic heterocycles. The first kappa shape index (κ1) is 12.1. The second-order valence-electron chi connectivity index (χ2n) is 6.32. The van der Waals surface area contributed by atoms with E-state index in [1.807, 2.05) is 0 Å². The second kappa shape index (κ2) is 4.44. The quantitative estimate of drug-likeness (QED) is 0.903. The van der Waals surface area contributed by atoms with E-state index in [0.717, 1.165) is 26.1 Å². The Balaban J connectivity index is 1.57. The van der Waals surface area contributed by atoms with Crippen LogP contribution < -0.4 is 5.73 Å². The van der Waals surface area contributed by atoms with Crippen LogP contribution in [0.4, 0.5) is 0 Å². The average molecular weight is 264 g/mol.